The first-order valence-electron chi connectivity index (χ1n) is 4.61. The number of hydrazine groups is 1. The number of amides is 1. The third-order valence-corrected chi connectivity index (χ3v) is 1.97. The quantitative estimate of drug-likeness (QED) is 0.234. The maximum Gasteiger partial charge on any atom is 0.284 e. The van der Waals surface area contributed by atoms with Crippen molar-refractivity contribution >= 4 is 11.6 Å². The lowest BCUT2D eigenvalue weighted by molar-refractivity contribution is -0.309. The number of hydrogen-bond acceptors (Lipinski definition) is 5. The van der Waals surface area contributed by atoms with Crippen LogP contribution in [-0.4, -0.2) is 27.2 Å². The van der Waals surface area contributed by atoms with Gasteiger partial charge in [0.05, 0.1) is 5.69 Å². The van der Waals surface area contributed by atoms with Crippen molar-refractivity contribution in [2.24, 2.45) is 5.84 Å². The van der Waals surface area contributed by atoms with E-state index >= 15 is 0 Å². The van der Waals surface area contributed by atoms with Gasteiger partial charge in [0.2, 0.25) is 5.91 Å². The van der Waals surface area contributed by atoms with Crippen molar-refractivity contribution in [2.45, 2.75) is 19.3 Å². The van der Waals surface area contributed by atoms with E-state index in [1.807, 2.05) is 6.92 Å². The van der Waals surface area contributed by atoms with Crippen LogP contribution in [0.25, 0.3) is 0 Å². The van der Waals surface area contributed by atoms with Gasteiger partial charge in [0.15, 0.2) is 0 Å². The number of carbonyl (C=O) groups excluding carboxylic acids is 1. The Balaban J connectivity index is 2.74. The molecule has 1 rings (SSSR count). The lowest BCUT2D eigenvalue weighted by Gasteiger charge is -2.20. The summed E-state index contributed by atoms with van der Waals surface area (Å²) in [6.45, 7) is 1.88. The fourth-order valence-corrected chi connectivity index (χ4v) is 1.14. The highest BCUT2D eigenvalue weighted by Crippen LogP contribution is 2.14. The van der Waals surface area contributed by atoms with E-state index in [-0.39, 0.29) is 0 Å². The molecule has 0 spiro atoms. The maximum atomic E-state index is 11.4. The van der Waals surface area contributed by atoms with Crippen LogP contribution in [0.3, 0.4) is 0 Å². The summed E-state index contributed by atoms with van der Waals surface area (Å²) in [5, 5.41) is 26.7. The van der Waals surface area contributed by atoms with Gasteiger partial charge >= 0.3 is 0 Å². The van der Waals surface area contributed by atoms with E-state index in [1.165, 1.54) is 0 Å². The molecule has 6 nitrogen and oxygen atoms in total. The summed E-state index contributed by atoms with van der Waals surface area (Å²) in [7, 11) is 0. The molecule has 16 heavy (non-hydrogen) atoms. The summed E-state index contributed by atoms with van der Waals surface area (Å²) in [6.07, 6.45) is -0.891. The predicted molar refractivity (Wildman–Crippen MR) is 56.9 cm³/mol. The lowest BCUT2D eigenvalue weighted by atomic mass is 10.2. The standard InChI is InChI=1S/C10H14N2O4/c1-7-2-4-8(5-3-7)12(11)9(13)6-10(14,15)16/h2-5,14-16H,6,11H2,1H3. The number of rotatable bonds is 3. The maximum absolute atomic E-state index is 11.4. The Morgan fingerprint density at radius 3 is 2.25 bits per heavy atom. The number of nitrogens with zero attached hydrogens (tertiary/aromatic N) is 1. The minimum atomic E-state index is -3.04. The van der Waals surface area contributed by atoms with Gasteiger partial charge in [0.25, 0.3) is 5.97 Å². The number of anilines is 1. The van der Waals surface area contributed by atoms with E-state index in [2.05, 4.69) is 0 Å². The number of nitrogens with two attached hydrogens (primary N) is 1. The Morgan fingerprint density at radius 2 is 1.81 bits per heavy atom. The molecule has 0 heterocycles. The van der Waals surface area contributed by atoms with Gasteiger partial charge < -0.3 is 15.3 Å². The second kappa shape index (κ2) is 4.58. The Hall–Kier alpha value is -1.47. The average molecular weight is 226 g/mol. The molecular weight excluding hydrogens is 212 g/mol. The van der Waals surface area contributed by atoms with E-state index in [0.29, 0.717) is 5.69 Å². The minimum Gasteiger partial charge on any atom is -0.343 e. The average Bonchev–Trinajstić information content (AvgIpc) is 2.15. The molecule has 5 N–H and O–H groups in total. The topological polar surface area (TPSA) is 107 Å². The number of aliphatic hydroxyl groups is 3. The van der Waals surface area contributed by atoms with Gasteiger partial charge in [0.1, 0.15) is 6.42 Å². The van der Waals surface area contributed by atoms with Crippen molar-refractivity contribution < 1.29 is 20.1 Å². The lowest BCUT2D eigenvalue weighted by Crippen LogP contribution is -2.43. The largest absolute Gasteiger partial charge is 0.343 e. The summed E-state index contributed by atoms with van der Waals surface area (Å²) in [5.41, 5.74) is 1.41. The Morgan fingerprint density at radius 1 is 1.31 bits per heavy atom. The zero-order chi connectivity index (χ0) is 12.3. The van der Waals surface area contributed by atoms with Crippen molar-refractivity contribution in [2.75, 3.05) is 5.01 Å². The normalized spacial score (nSPS) is 11.3. The molecule has 0 radical (unpaired) electrons. The summed E-state index contributed by atoms with van der Waals surface area (Å²) >= 11 is 0. The minimum absolute atomic E-state index is 0.403. The molecule has 0 aliphatic carbocycles. The smallest absolute Gasteiger partial charge is 0.284 e. The fraction of sp³-hybridized carbons (Fsp3) is 0.300. The molecule has 0 unspecified atom stereocenters. The third-order valence-electron chi connectivity index (χ3n) is 1.97. The summed E-state index contributed by atoms with van der Waals surface area (Å²) in [6, 6.07) is 6.74. The van der Waals surface area contributed by atoms with E-state index in [1.54, 1.807) is 24.3 Å². The molecule has 0 saturated carbocycles. The third kappa shape index (κ3) is 3.59. The van der Waals surface area contributed by atoms with Crippen molar-refractivity contribution in [3.05, 3.63) is 29.8 Å². The molecule has 0 fully saturated rings. The predicted octanol–water partition coefficient (Wildman–Crippen LogP) is -0.777. The fourth-order valence-electron chi connectivity index (χ4n) is 1.14. The van der Waals surface area contributed by atoms with Gasteiger partial charge in [-0.05, 0) is 19.1 Å². The van der Waals surface area contributed by atoms with Crippen LogP contribution >= 0.6 is 0 Å². The molecule has 0 bridgehead atoms. The van der Waals surface area contributed by atoms with Crippen LogP contribution < -0.4 is 10.9 Å². The monoisotopic (exact) mass is 226 g/mol. The van der Waals surface area contributed by atoms with Crippen molar-refractivity contribution in [1.29, 1.82) is 0 Å². The van der Waals surface area contributed by atoms with E-state index < -0.39 is 18.3 Å². The van der Waals surface area contributed by atoms with E-state index in [4.69, 9.17) is 21.2 Å². The van der Waals surface area contributed by atoms with Crippen LogP contribution in [-0.2, 0) is 4.79 Å². The van der Waals surface area contributed by atoms with E-state index in [0.717, 1.165) is 10.6 Å². The van der Waals surface area contributed by atoms with Crippen LogP contribution in [0.1, 0.15) is 12.0 Å². The number of hydrogen-bond donors (Lipinski definition) is 4. The van der Waals surface area contributed by atoms with Crippen LogP contribution in [0, 0.1) is 6.92 Å². The van der Waals surface area contributed by atoms with Gasteiger partial charge in [-0.3, -0.25) is 4.79 Å². The molecule has 0 aliphatic rings. The van der Waals surface area contributed by atoms with Gasteiger partial charge in [-0.1, -0.05) is 17.7 Å². The first-order chi connectivity index (χ1) is 7.29. The molecule has 0 atom stereocenters. The van der Waals surface area contributed by atoms with Crippen LogP contribution in [0.15, 0.2) is 24.3 Å². The van der Waals surface area contributed by atoms with Crippen LogP contribution in [0.2, 0.25) is 0 Å². The Kier molecular flexibility index (Phi) is 3.61. The van der Waals surface area contributed by atoms with Crippen molar-refractivity contribution in [3.8, 4) is 0 Å². The van der Waals surface area contributed by atoms with Gasteiger partial charge in [-0.2, -0.15) is 0 Å². The molecule has 1 aromatic rings. The van der Waals surface area contributed by atoms with Gasteiger partial charge in [0, 0.05) is 0 Å². The summed E-state index contributed by atoms with van der Waals surface area (Å²) in [4.78, 5) is 11.4. The van der Waals surface area contributed by atoms with Crippen LogP contribution in [0.4, 0.5) is 5.69 Å². The highest BCUT2D eigenvalue weighted by Gasteiger charge is 2.26. The molecule has 0 saturated heterocycles. The molecule has 88 valence electrons. The number of benzene rings is 1. The molecule has 0 aliphatic heterocycles. The zero-order valence-corrected chi connectivity index (χ0v) is 8.79. The first-order valence-corrected chi connectivity index (χ1v) is 4.61. The molecule has 1 amide bonds. The van der Waals surface area contributed by atoms with Crippen LogP contribution in [0.5, 0.6) is 0 Å². The van der Waals surface area contributed by atoms with Gasteiger partial charge in [-0.15, -0.1) is 0 Å². The zero-order valence-electron chi connectivity index (χ0n) is 8.79. The van der Waals surface area contributed by atoms with Crippen molar-refractivity contribution in [1.82, 2.24) is 0 Å². The van der Waals surface area contributed by atoms with Crippen molar-refractivity contribution in [3.63, 3.8) is 0 Å². The SMILES string of the molecule is Cc1ccc(N(N)C(=O)CC(O)(O)O)cc1. The molecule has 1 aromatic carbocycles. The second-order valence-electron chi connectivity index (χ2n) is 3.55. The Bertz CT molecular complexity index is 369. The Labute approximate surface area is 92.5 Å². The van der Waals surface area contributed by atoms with Gasteiger partial charge in [-0.25, -0.2) is 10.9 Å². The molecule has 6 heteroatoms. The second-order valence-corrected chi connectivity index (χ2v) is 3.55. The summed E-state index contributed by atoms with van der Waals surface area (Å²) in [5.74, 6) is 1.60. The van der Waals surface area contributed by atoms with E-state index in [9.17, 15) is 4.79 Å². The molecular formula is C10H14N2O4. The first kappa shape index (κ1) is 12.6. The summed E-state index contributed by atoms with van der Waals surface area (Å²) < 4.78 is 0. The molecule has 0 aromatic heterocycles. The number of carbonyl (C=O) groups is 1. The highest BCUT2D eigenvalue weighted by atomic mass is 16.7. The number of aryl methyl sites for hydroxylation is 1. The highest BCUT2D eigenvalue weighted by molar-refractivity contribution is 5.92.